The van der Waals surface area contributed by atoms with E-state index in [0.717, 1.165) is 5.52 Å². The van der Waals surface area contributed by atoms with Crippen molar-refractivity contribution in [1.29, 1.82) is 0 Å². The summed E-state index contributed by atoms with van der Waals surface area (Å²) in [5.41, 5.74) is 7.93. The lowest BCUT2D eigenvalue weighted by Crippen LogP contribution is -2.05. The first-order valence-corrected chi connectivity index (χ1v) is 5.52. The van der Waals surface area contributed by atoms with Crippen LogP contribution in [-0.2, 0) is 0 Å². The number of nitrogens with one attached hydrogen (secondary N) is 2. The minimum atomic E-state index is -0.266. The number of rotatable bonds is 1. The van der Waals surface area contributed by atoms with Crippen LogP contribution in [0, 0.1) is 0 Å². The van der Waals surface area contributed by atoms with Crippen LogP contribution in [0.4, 0.5) is 5.69 Å². The maximum absolute atomic E-state index is 10.9. The van der Waals surface area contributed by atoms with E-state index in [4.69, 9.17) is 17.3 Å². The fourth-order valence-corrected chi connectivity index (χ4v) is 1.93. The van der Waals surface area contributed by atoms with Gasteiger partial charge in [-0.05, 0) is 18.2 Å². The van der Waals surface area contributed by atoms with E-state index in [1.54, 1.807) is 18.2 Å². The quantitative estimate of drug-likeness (QED) is 0.579. The lowest BCUT2D eigenvalue weighted by atomic mass is 10.3. The molecule has 0 spiro atoms. The van der Waals surface area contributed by atoms with Crippen molar-refractivity contribution < 1.29 is 0 Å². The molecule has 7 heteroatoms. The summed E-state index contributed by atoms with van der Waals surface area (Å²) in [7, 11) is 0. The molecule has 4 N–H and O–H groups in total. The number of hydrogen-bond acceptors (Lipinski definition) is 4. The lowest BCUT2D eigenvalue weighted by Gasteiger charge is -1.94. The summed E-state index contributed by atoms with van der Waals surface area (Å²) in [6.07, 6.45) is 0. The zero-order valence-corrected chi connectivity index (χ0v) is 9.82. The third kappa shape index (κ3) is 1.72. The number of aromatic amines is 2. The smallest absolute Gasteiger partial charge is 0.264 e. The van der Waals surface area contributed by atoms with Crippen LogP contribution < -0.4 is 11.3 Å². The van der Waals surface area contributed by atoms with E-state index >= 15 is 0 Å². The molecule has 0 atom stereocenters. The average molecular weight is 262 g/mol. The third-order valence-electron chi connectivity index (χ3n) is 2.50. The second-order valence-corrected chi connectivity index (χ2v) is 4.22. The number of aromatic nitrogens is 4. The third-order valence-corrected chi connectivity index (χ3v) is 2.72. The number of H-pyrrole nitrogens is 2. The van der Waals surface area contributed by atoms with Gasteiger partial charge in [0.15, 0.2) is 5.82 Å². The zero-order chi connectivity index (χ0) is 12.7. The molecule has 0 aliphatic rings. The summed E-state index contributed by atoms with van der Waals surface area (Å²) in [6, 6.07) is 6.32. The fourth-order valence-electron chi connectivity index (χ4n) is 1.71. The Bertz CT molecular complexity index is 771. The summed E-state index contributed by atoms with van der Waals surface area (Å²) in [4.78, 5) is 18.3. The number of halogens is 1. The van der Waals surface area contributed by atoms with Crippen molar-refractivity contribution in [3.8, 4) is 11.5 Å². The van der Waals surface area contributed by atoms with Crippen LogP contribution in [0.5, 0.6) is 0 Å². The summed E-state index contributed by atoms with van der Waals surface area (Å²) in [6.45, 7) is 0. The van der Waals surface area contributed by atoms with Crippen LogP contribution in [0.2, 0.25) is 5.02 Å². The molecule has 0 aliphatic heterocycles. The van der Waals surface area contributed by atoms with Gasteiger partial charge in [-0.15, -0.1) is 0 Å². The van der Waals surface area contributed by atoms with E-state index in [1.165, 1.54) is 6.07 Å². The first kappa shape index (κ1) is 10.8. The predicted molar refractivity (Wildman–Crippen MR) is 69.4 cm³/mol. The monoisotopic (exact) mass is 261 g/mol. The largest absolute Gasteiger partial charge is 0.397 e. The Kier molecular flexibility index (Phi) is 2.31. The number of fused-ring (bicyclic) bond motifs is 1. The molecule has 3 aromatic rings. The zero-order valence-electron chi connectivity index (χ0n) is 9.07. The van der Waals surface area contributed by atoms with Crippen molar-refractivity contribution in [3.05, 3.63) is 39.6 Å². The number of nitrogens with zero attached hydrogens (tertiary/aromatic N) is 2. The molecule has 2 heterocycles. The van der Waals surface area contributed by atoms with Gasteiger partial charge in [-0.25, -0.2) is 10.1 Å². The number of hydrogen-bond donors (Lipinski definition) is 3. The number of imidazole rings is 1. The SMILES string of the molecule is Nc1cc(Cl)cc2[nH]c(-c3ccc(=O)[nH]n3)nc12. The van der Waals surface area contributed by atoms with Gasteiger partial charge in [-0.3, -0.25) is 4.79 Å². The van der Waals surface area contributed by atoms with Crippen LogP contribution >= 0.6 is 11.6 Å². The Morgan fingerprint density at radius 2 is 2.11 bits per heavy atom. The van der Waals surface area contributed by atoms with E-state index < -0.39 is 0 Å². The lowest BCUT2D eigenvalue weighted by molar-refractivity contribution is 0.985. The topological polar surface area (TPSA) is 100 Å². The van der Waals surface area contributed by atoms with E-state index in [9.17, 15) is 4.79 Å². The molecule has 0 bridgehead atoms. The van der Waals surface area contributed by atoms with E-state index in [1.807, 2.05) is 0 Å². The van der Waals surface area contributed by atoms with Gasteiger partial charge in [0.1, 0.15) is 11.2 Å². The molecular formula is C11H8ClN5O. The van der Waals surface area contributed by atoms with Crippen molar-refractivity contribution in [2.45, 2.75) is 0 Å². The van der Waals surface area contributed by atoms with Crippen molar-refractivity contribution >= 4 is 28.3 Å². The maximum Gasteiger partial charge on any atom is 0.264 e. The molecule has 0 amide bonds. The van der Waals surface area contributed by atoms with Gasteiger partial charge in [-0.1, -0.05) is 11.6 Å². The summed E-state index contributed by atoms with van der Waals surface area (Å²) in [5, 5.41) is 6.77. The molecule has 0 saturated heterocycles. The molecule has 2 aromatic heterocycles. The number of nitrogens with two attached hydrogens (primary N) is 1. The highest BCUT2D eigenvalue weighted by atomic mass is 35.5. The number of nitrogen functional groups attached to an aromatic ring is 1. The summed E-state index contributed by atoms with van der Waals surface area (Å²) >= 11 is 5.91. The van der Waals surface area contributed by atoms with Gasteiger partial charge >= 0.3 is 0 Å². The van der Waals surface area contributed by atoms with E-state index in [0.29, 0.717) is 27.7 Å². The molecule has 0 fully saturated rings. The predicted octanol–water partition coefficient (Wildman–Crippen LogP) is 1.55. The Morgan fingerprint density at radius 1 is 1.28 bits per heavy atom. The van der Waals surface area contributed by atoms with Gasteiger partial charge in [0.25, 0.3) is 5.56 Å². The van der Waals surface area contributed by atoms with Crippen molar-refractivity contribution in [1.82, 2.24) is 20.2 Å². The molecule has 0 aliphatic carbocycles. The summed E-state index contributed by atoms with van der Waals surface area (Å²) < 4.78 is 0. The molecular weight excluding hydrogens is 254 g/mol. The van der Waals surface area contributed by atoms with Crippen molar-refractivity contribution in [3.63, 3.8) is 0 Å². The highest BCUT2D eigenvalue weighted by Gasteiger charge is 2.09. The molecule has 0 saturated carbocycles. The highest BCUT2D eigenvalue weighted by Crippen LogP contribution is 2.26. The minimum absolute atomic E-state index is 0.266. The first-order chi connectivity index (χ1) is 8.63. The number of benzene rings is 1. The molecule has 1 aromatic carbocycles. The second kappa shape index (κ2) is 3.85. The van der Waals surface area contributed by atoms with Crippen molar-refractivity contribution in [2.75, 3.05) is 5.73 Å². The maximum atomic E-state index is 10.9. The second-order valence-electron chi connectivity index (χ2n) is 3.78. The first-order valence-electron chi connectivity index (χ1n) is 5.14. The minimum Gasteiger partial charge on any atom is -0.397 e. The molecule has 90 valence electrons. The van der Waals surface area contributed by atoms with E-state index in [2.05, 4.69) is 20.2 Å². The molecule has 0 unspecified atom stereocenters. The molecule has 0 radical (unpaired) electrons. The fraction of sp³-hybridized carbons (Fsp3) is 0. The summed E-state index contributed by atoms with van der Waals surface area (Å²) in [5.74, 6) is 0.523. The van der Waals surface area contributed by atoms with Crippen molar-refractivity contribution in [2.24, 2.45) is 0 Å². The Morgan fingerprint density at radius 3 is 2.83 bits per heavy atom. The standard InChI is InChI=1S/C11H8ClN5O/c12-5-3-6(13)10-8(4-5)14-11(15-10)7-1-2-9(18)17-16-7/h1-4H,13H2,(H,14,15)(H,17,18). The number of anilines is 1. The van der Waals surface area contributed by atoms with Crippen LogP contribution in [0.25, 0.3) is 22.6 Å². The Balaban J connectivity index is 2.22. The van der Waals surface area contributed by atoms with Gasteiger partial charge < -0.3 is 10.7 Å². The normalized spacial score (nSPS) is 10.9. The van der Waals surface area contributed by atoms with Crippen LogP contribution in [-0.4, -0.2) is 20.2 Å². The average Bonchev–Trinajstić information content (AvgIpc) is 2.74. The van der Waals surface area contributed by atoms with Gasteiger partial charge in [0, 0.05) is 11.1 Å². The molecule has 18 heavy (non-hydrogen) atoms. The van der Waals surface area contributed by atoms with Gasteiger partial charge in [0.2, 0.25) is 0 Å². The highest BCUT2D eigenvalue weighted by molar-refractivity contribution is 6.31. The van der Waals surface area contributed by atoms with Gasteiger partial charge in [-0.2, -0.15) is 5.10 Å². The van der Waals surface area contributed by atoms with Gasteiger partial charge in [0.05, 0.1) is 11.2 Å². The van der Waals surface area contributed by atoms with Crippen LogP contribution in [0.3, 0.4) is 0 Å². The van der Waals surface area contributed by atoms with Crippen LogP contribution in [0.15, 0.2) is 29.1 Å². The van der Waals surface area contributed by atoms with Crippen LogP contribution in [0.1, 0.15) is 0 Å². The molecule has 3 rings (SSSR count). The Labute approximate surface area is 106 Å². The van der Waals surface area contributed by atoms with E-state index in [-0.39, 0.29) is 5.56 Å². The Hall–Kier alpha value is -2.34. The molecule has 6 nitrogen and oxygen atoms in total.